The van der Waals surface area contributed by atoms with Crippen molar-refractivity contribution in [1.82, 2.24) is 5.32 Å². The Hall–Kier alpha value is -0.720. The lowest BCUT2D eigenvalue weighted by Gasteiger charge is -1.98. The van der Waals surface area contributed by atoms with Crippen molar-refractivity contribution in [3.8, 4) is 0 Å². The molecule has 160 valence electrons. The van der Waals surface area contributed by atoms with Crippen LogP contribution in [0.25, 0.3) is 0 Å². The summed E-state index contributed by atoms with van der Waals surface area (Å²) in [7, 11) is 0. The molecule has 0 saturated carbocycles. The van der Waals surface area contributed by atoms with Crippen molar-refractivity contribution in [2.45, 2.75) is 126 Å². The van der Waals surface area contributed by atoms with E-state index in [9.17, 15) is 0 Å². The van der Waals surface area contributed by atoms with Crippen molar-refractivity contribution in [3.63, 3.8) is 0 Å². The van der Waals surface area contributed by atoms with E-state index in [2.05, 4.69) is 79.6 Å². The highest BCUT2D eigenvalue weighted by molar-refractivity contribution is 4.81. The molecular formula is C25H55N. The first kappa shape index (κ1) is 32.9. The van der Waals surface area contributed by atoms with E-state index >= 15 is 0 Å². The fourth-order valence-corrected chi connectivity index (χ4v) is 1.65. The molecule has 1 heteroatoms. The average Bonchev–Trinajstić information content (AvgIpc) is 2.63. The van der Waals surface area contributed by atoms with E-state index in [1.807, 2.05) is 6.08 Å². The molecule has 0 heterocycles. The molecule has 0 saturated heterocycles. The Morgan fingerprint density at radius 2 is 1.12 bits per heavy atom. The summed E-state index contributed by atoms with van der Waals surface area (Å²) in [4.78, 5) is 0. The standard InChI is InChI=1S/C9H19N.C9H20.C4H8.C3H8/c1-4-5-7-10-8-6-9(2)3;1-3-5-7-9-8-6-4-2;1-3-4-2;1-3-2/h6,8-10H,4-5,7H2,1-3H3;3-9H2,1-2H3;3H,1,4H2,2H3;3H2,1-2H3/b8-6+;;;. The summed E-state index contributed by atoms with van der Waals surface area (Å²) >= 11 is 0. The summed E-state index contributed by atoms with van der Waals surface area (Å²) in [6, 6.07) is 0. The van der Waals surface area contributed by atoms with Gasteiger partial charge in [0.25, 0.3) is 0 Å². The zero-order valence-corrected chi connectivity index (χ0v) is 20.0. The first-order valence-electron chi connectivity index (χ1n) is 11.5. The van der Waals surface area contributed by atoms with Gasteiger partial charge in [-0.1, -0.05) is 125 Å². The van der Waals surface area contributed by atoms with Crippen molar-refractivity contribution >= 4 is 0 Å². The largest absolute Gasteiger partial charge is 0.391 e. The fraction of sp³-hybridized carbons (Fsp3) is 0.840. The van der Waals surface area contributed by atoms with Crippen LogP contribution in [0.15, 0.2) is 24.9 Å². The van der Waals surface area contributed by atoms with Crippen LogP contribution in [-0.2, 0) is 0 Å². The van der Waals surface area contributed by atoms with Crippen molar-refractivity contribution in [1.29, 1.82) is 0 Å². The second-order valence-electron chi connectivity index (χ2n) is 7.08. The van der Waals surface area contributed by atoms with Gasteiger partial charge in [-0.3, -0.25) is 0 Å². The van der Waals surface area contributed by atoms with Gasteiger partial charge < -0.3 is 5.32 Å². The third-order valence-corrected chi connectivity index (χ3v) is 3.27. The highest BCUT2D eigenvalue weighted by Crippen LogP contribution is 2.05. The van der Waals surface area contributed by atoms with Gasteiger partial charge in [-0.25, -0.2) is 0 Å². The maximum absolute atomic E-state index is 3.48. The summed E-state index contributed by atoms with van der Waals surface area (Å²) in [6.45, 7) is 22.0. The lowest BCUT2D eigenvalue weighted by atomic mass is 10.1. The molecule has 1 N–H and O–H groups in total. The third-order valence-electron chi connectivity index (χ3n) is 3.27. The van der Waals surface area contributed by atoms with Crippen LogP contribution in [-0.4, -0.2) is 6.54 Å². The van der Waals surface area contributed by atoms with Crippen LogP contribution in [0.1, 0.15) is 126 Å². The fourth-order valence-electron chi connectivity index (χ4n) is 1.65. The number of nitrogens with one attached hydrogen (secondary N) is 1. The van der Waals surface area contributed by atoms with Gasteiger partial charge in [-0.15, -0.1) is 6.58 Å². The molecule has 0 aromatic heterocycles. The predicted molar refractivity (Wildman–Crippen MR) is 127 cm³/mol. The number of hydrogen-bond acceptors (Lipinski definition) is 1. The molecule has 0 radical (unpaired) electrons. The Morgan fingerprint density at radius 3 is 1.42 bits per heavy atom. The van der Waals surface area contributed by atoms with E-state index in [4.69, 9.17) is 0 Å². The van der Waals surface area contributed by atoms with Gasteiger partial charge in [-0.2, -0.15) is 0 Å². The van der Waals surface area contributed by atoms with Crippen LogP contribution < -0.4 is 5.32 Å². The van der Waals surface area contributed by atoms with Crippen molar-refractivity contribution in [2.24, 2.45) is 5.92 Å². The maximum Gasteiger partial charge on any atom is 0.0141 e. The van der Waals surface area contributed by atoms with Gasteiger partial charge in [0.15, 0.2) is 0 Å². The molecule has 0 bridgehead atoms. The van der Waals surface area contributed by atoms with Crippen molar-refractivity contribution < 1.29 is 0 Å². The molecule has 0 atom stereocenters. The van der Waals surface area contributed by atoms with E-state index in [-0.39, 0.29) is 0 Å². The van der Waals surface area contributed by atoms with Gasteiger partial charge in [0.2, 0.25) is 0 Å². The van der Waals surface area contributed by atoms with E-state index in [1.54, 1.807) is 0 Å². The van der Waals surface area contributed by atoms with Crippen LogP contribution in [0.5, 0.6) is 0 Å². The normalized spacial score (nSPS) is 9.42. The minimum Gasteiger partial charge on any atom is -0.391 e. The van der Waals surface area contributed by atoms with Gasteiger partial charge in [0, 0.05) is 6.54 Å². The van der Waals surface area contributed by atoms with E-state index in [0.29, 0.717) is 5.92 Å². The summed E-state index contributed by atoms with van der Waals surface area (Å²) in [6.07, 6.45) is 20.9. The van der Waals surface area contributed by atoms with Crippen LogP contribution in [0, 0.1) is 5.92 Å². The second kappa shape index (κ2) is 39.4. The summed E-state index contributed by atoms with van der Waals surface area (Å²) in [5, 5.41) is 3.24. The van der Waals surface area contributed by atoms with Gasteiger partial charge in [0.05, 0.1) is 0 Å². The van der Waals surface area contributed by atoms with E-state index in [0.717, 1.165) is 13.0 Å². The van der Waals surface area contributed by atoms with Crippen molar-refractivity contribution in [2.75, 3.05) is 6.54 Å². The zero-order valence-electron chi connectivity index (χ0n) is 20.0. The molecule has 1 nitrogen and oxygen atoms in total. The van der Waals surface area contributed by atoms with E-state index in [1.165, 1.54) is 64.2 Å². The van der Waals surface area contributed by atoms with Gasteiger partial charge in [0.1, 0.15) is 0 Å². The predicted octanol–water partition coefficient (Wildman–Crippen LogP) is 9.30. The number of hydrogen-bond donors (Lipinski definition) is 1. The first-order valence-corrected chi connectivity index (χ1v) is 11.5. The molecule has 0 fully saturated rings. The molecule has 0 aliphatic rings. The SMILES string of the molecule is C=CCC.CCC.CCCCCCCCC.CCCCN/C=C/C(C)C. The average molecular weight is 370 g/mol. The van der Waals surface area contributed by atoms with Gasteiger partial charge >= 0.3 is 0 Å². The molecule has 0 aliphatic carbocycles. The second-order valence-corrected chi connectivity index (χ2v) is 7.08. The Kier molecular flexibility index (Phi) is 49.8. The highest BCUT2D eigenvalue weighted by Gasteiger charge is 1.85. The highest BCUT2D eigenvalue weighted by atomic mass is 14.8. The Balaban J connectivity index is -0.000000138. The lowest BCUT2D eigenvalue weighted by molar-refractivity contribution is 0.602. The summed E-state index contributed by atoms with van der Waals surface area (Å²) in [5.74, 6) is 0.661. The number of allylic oxidation sites excluding steroid dienone is 2. The molecule has 26 heavy (non-hydrogen) atoms. The molecule has 0 spiro atoms. The maximum atomic E-state index is 3.48. The van der Waals surface area contributed by atoms with Crippen LogP contribution >= 0.6 is 0 Å². The molecule has 0 rings (SSSR count). The monoisotopic (exact) mass is 369 g/mol. The summed E-state index contributed by atoms with van der Waals surface area (Å²) in [5.41, 5.74) is 0. The minimum absolute atomic E-state index is 0.661. The Labute approximate surface area is 169 Å². The lowest BCUT2D eigenvalue weighted by Crippen LogP contribution is -2.06. The first-order chi connectivity index (χ1) is 12.5. The Bertz CT molecular complexity index is 212. The smallest absolute Gasteiger partial charge is 0.0141 e. The number of rotatable bonds is 12. The third kappa shape index (κ3) is 65.5. The van der Waals surface area contributed by atoms with Crippen molar-refractivity contribution in [3.05, 3.63) is 24.9 Å². The van der Waals surface area contributed by atoms with Gasteiger partial charge in [-0.05, 0) is 25.0 Å². The molecule has 0 aromatic carbocycles. The summed E-state index contributed by atoms with van der Waals surface area (Å²) < 4.78 is 0. The Morgan fingerprint density at radius 1 is 0.731 bits per heavy atom. The van der Waals surface area contributed by atoms with E-state index < -0.39 is 0 Å². The molecule has 0 aromatic rings. The molecule has 0 unspecified atom stereocenters. The topological polar surface area (TPSA) is 12.0 Å². The molecule has 0 amide bonds. The minimum atomic E-state index is 0.661. The molecular weight excluding hydrogens is 314 g/mol. The molecule has 0 aliphatic heterocycles. The number of unbranched alkanes of at least 4 members (excludes halogenated alkanes) is 7. The van der Waals surface area contributed by atoms with Crippen LogP contribution in [0.4, 0.5) is 0 Å². The quantitative estimate of drug-likeness (QED) is 0.267. The zero-order chi connectivity index (χ0) is 20.9. The van der Waals surface area contributed by atoms with Crippen LogP contribution in [0.3, 0.4) is 0 Å². The van der Waals surface area contributed by atoms with Crippen LogP contribution in [0.2, 0.25) is 0 Å².